The van der Waals surface area contributed by atoms with E-state index in [1.54, 1.807) is 11.3 Å². The summed E-state index contributed by atoms with van der Waals surface area (Å²) in [5.74, 6) is 1.58. The number of nitrogens with one attached hydrogen (secondary N) is 2. The molecule has 0 radical (unpaired) electrons. The second-order valence-electron chi connectivity index (χ2n) is 7.59. The molecule has 4 aromatic carbocycles. The average Bonchev–Trinajstić information content (AvgIpc) is 3.25. The van der Waals surface area contributed by atoms with Crippen molar-refractivity contribution in [1.29, 1.82) is 0 Å². The van der Waals surface area contributed by atoms with Gasteiger partial charge in [0.15, 0.2) is 5.11 Å². The van der Waals surface area contributed by atoms with Gasteiger partial charge in [0.25, 0.3) is 0 Å². The van der Waals surface area contributed by atoms with Crippen molar-refractivity contribution in [3.05, 3.63) is 103 Å². The molecule has 0 amide bonds. The van der Waals surface area contributed by atoms with E-state index in [4.69, 9.17) is 21.9 Å². The molecule has 0 bridgehead atoms. The van der Waals surface area contributed by atoms with E-state index in [9.17, 15) is 0 Å². The van der Waals surface area contributed by atoms with E-state index in [1.807, 2.05) is 66.7 Å². The Morgan fingerprint density at radius 1 is 0.788 bits per heavy atom. The van der Waals surface area contributed by atoms with Gasteiger partial charge in [-0.15, -0.1) is 11.3 Å². The van der Waals surface area contributed by atoms with Crippen LogP contribution in [0.15, 0.2) is 97.1 Å². The van der Waals surface area contributed by atoms with E-state index in [0.717, 1.165) is 39.0 Å². The van der Waals surface area contributed by atoms with Gasteiger partial charge in [-0.3, -0.25) is 0 Å². The number of ether oxygens (including phenoxy) is 1. The zero-order chi connectivity index (χ0) is 22.6. The van der Waals surface area contributed by atoms with Crippen LogP contribution in [-0.2, 0) is 0 Å². The van der Waals surface area contributed by atoms with E-state index in [-0.39, 0.29) is 0 Å². The predicted molar refractivity (Wildman–Crippen MR) is 143 cm³/mol. The SMILES string of the molecule is Cc1ccc2nc(-c3ccc(NC(=S)Nc4ccc(Oc5ccccc5)cc4)cc3)sc2c1. The summed E-state index contributed by atoms with van der Waals surface area (Å²) in [5.41, 5.74) is 5.17. The van der Waals surface area contributed by atoms with Gasteiger partial charge in [-0.25, -0.2) is 4.98 Å². The Balaban J connectivity index is 1.20. The second kappa shape index (κ2) is 9.40. The smallest absolute Gasteiger partial charge is 0.175 e. The molecule has 0 unspecified atom stereocenters. The van der Waals surface area contributed by atoms with Crippen LogP contribution in [-0.4, -0.2) is 10.1 Å². The zero-order valence-electron chi connectivity index (χ0n) is 17.9. The molecular formula is C27H21N3OS2. The third kappa shape index (κ3) is 5.19. The highest BCUT2D eigenvalue weighted by atomic mass is 32.1. The first kappa shape index (κ1) is 21.1. The summed E-state index contributed by atoms with van der Waals surface area (Å²) < 4.78 is 7.03. The summed E-state index contributed by atoms with van der Waals surface area (Å²) in [6, 6.07) is 31.9. The molecule has 4 nitrogen and oxygen atoms in total. The first-order valence-electron chi connectivity index (χ1n) is 10.5. The fourth-order valence-corrected chi connectivity index (χ4v) is 4.68. The van der Waals surface area contributed by atoms with Gasteiger partial charge in [0.05, 0.1) is 10.2 Å². The molecule has 2 N–H and O–H groups in total. The summed E-state index contributed by atoms with van der Waals surface area (Å²) in [4.78, 5) is 4.75. The van der Waals surface area contributed by atoms with Crippen LogP contribution in [0.2, 0.25) is 0 Å². The van der Waals surface area contributed by atoms with Crippen molar-refractivity contribution in [2.75, 3.05) is 10.6 Å². The van der Waals surface area contributed by atoms with Crippen molar-refractivity contribution in [2.45, 2.75) is 6.92 Å². The van der Waals surface area contributed by atoms with Crippen LogP contribution in [0.1, 0.15) is 5.56 Å². The van der Waals surface area contributed by atoms with Crippen LogP contribution in [0, 0.1) is 6.92 Å². The minimum atomic E-state index is 0.523. The molecule has 0 saturated carbocycles. The number of anilines is 2. The fraction of sp³-hybridized carbons (Fsp3) is 0.0370. The molecule has 0 aliphatic carbocycles. The molecule has 1 heterocycles. The standard InChI is InChI=1S/C27H21N3OS2/c1-18-7-16-24-25(17-18)33-26(30-24)19-8-10-20(11-9-19)28-27(32)29-21-12-14-23(15-13-21)31-22-5-3-2-4-6-22/h2-17H,1H3,(H2,28,29,32). The second-order valence-corrected chi connectivity index (χ2v) is 9.03. The van der Waals surface area contributed by atoms with E-state index in [1.165, 1.54) is 10.3 Å². The normalized spacial score (nSPS) is 10.7. The molecule has 0 saturated heterocycles. The lowest BCUT2D eigenvalue weighted by molar-refractivity contribution is 0.483. The van der Waals surface area contributed by atoms with Gasteiger partial charge in [-0.05, 0) is 97.5 Å². The zero-order valence-corrected chi connectivity index (χ0v) is 19.5. The molecule has 5 rings (SSSR count). The molecule has 162 valence electrons. The number of nitrogens with zero attached hydrogens (tertiary/aromatic N) is 1. The third-order valence-electron chi connectivity index (χ3n) is 5.02. The summed E-state index contributed by atoms with van der Waals surface area (Å²) in [7, 11) is 0. The van der Waals surface area contributed by atoms with Crippen LogP contribution < -0.4 is 15.4 Å². The highest BCUT2D eigenvalue weighted by Gasteiger charge is 2.07. The number of thiocarbonyl (C=S) groups is 1. The van der Waals surface area contributed by atoms with Crippen LogP contribution in [0.3, 0.4) is 0 Å². The highest BCUT2D eigenvalue weighted by molar-refractivity contribution is 7.80. The Labute approximate surface area is 201 Å². The maximum Gasteiger partial charge on any atom is 0.175 e. The third-order valence-corrected chi connectivity index (χ3v) is 6.30. The Bertz CT molecular complexity index is 1400. The van der Waals surface area contributed by atoms with E-state index in [2.05, 4.69) is 47.9 Å². The number of hydrogen-bond acceptors (Lipinski definition) is 4. The van der Waals surface area contributed by atoms with Crippen molar-refractivity contribution in [1.82, 2.24) is 4.98 Å². The van der Waals surface area contributed by atoms with Crippen molar-refractivity contribution < 1.29 is 4.74 Å². The Kier molecular flexibility index (Phi) is 6.02. The number of thiazole rings is 1. The maximum atomic E-state index is 5.83. The maximum absolute atomic E-state index is 5.83. The van der Waals surface area contributed by atoms with E-state index >= 15 is 0 Å². The number of benzene rings is 4. The van der Waals surface area contributed by atoms with Gasteiger partial charge in [0.1, 0.15) is 16.5 Å². The first-order chi connectivity index (χ1) is 16.1. The minimum absolute atomic E-state index is 0.523. The molecule has 0 fully saturated rings. The average molecular weight is 468 g/mol. The fourth-order valence-electron chi connectivity index (χ4n) is 3.38. The first-order valence-corrected chi connectivity index (χ1v) is 11.7. The topological polar surface area (TPSA) is 46.2 Å². The Morgan fingerprint density at radius 3 is 2.12 bits per heavy atom. The van der Waals surface area contributed by atoms with Gasteiger partial charge in [-0.2, -0.15) is 0 Å². The largest absolute Gasteiger partial charge is 0.457 e. The van der Waals surface area contributed by atoms with Gasteiger partial charge in [-0.1, -0.05) is 24.3 Å². The van der Waals surface area contributed by atoms with Crippen molar-refractivity contribution in [2.24, 2.45) is 0 Å². The van der Waals surface area contributed by atoms with Crippen LogP contribution in [0.25, 0.3) is 20.8 Å². The van der Waals surface area contributed by atoms with Crippen LogP contribution in [0.4, 0.5) is 11.4 Å². The van der Waals surface area contributed by atoms with Crippen molar-refractivity contribution in [3.8, 4) is 22.1 Å². The summed E-state index contributed by atoms with van der Waals surface area (Å²) in [6.07, 6.45) is 0. The van der Waals surface area contributed by atoms with Crippen molar-refractivity contribution in [3.63, 3.8) is 0 Å². The Hall–Kier alpha value is -3.74. The number of aryl methyl sites for hydroxylation is 1. The van der Waals surface area contributed by atoms with Gasteiger partial charge in [0.2, 0.25) is 0 Å². The molecule has 5 aromatic rings. The summed E-state index contributed by atoms with van der Waals surface area (Å²) >= 11 is 7.18. The molecule has 0 spiro atoms. The number of fused-ring (bicyclic) bond motifs is 1. The molecule has 0 aliphatic heterocycles. The lowest BCUT2D eigenvalue weighted by atomic mass is 10.2. The molecule has 6 heteroatoms. The molecule has 1 aromatic heterocycles. The molecule has 0 atom stereocenters. The summed E-state index contributed by atoms with van der Waals surface area (Å²) in [6.45, 7) is 2.10. The van der Waals surface area contributed by atoms with E-state index in [0.29, 0.717) is 5.11 Å². The van der Waals surface area contributed by atoms with Crippen molar-refractivity contribution >= 4 is 50.3 Å². The van der Waals surface area contributed by atoms with Gasteiger partial charge >= 0.3 is 0 Å². The lowest BCUT2D eigenvalue weighted by Crippen LogP contribution is -2.18. The number of aromatic nitrogens is 1. The monoisotopic (exact) mass is 467 g/mol. The molecule has 0 aliphatic rings. The van der Waals surface area contributed by atoms with Gasteiger partial charge < -0.3 is 15.4 Å². The quantitative estimate of drug-likeness (QED) is 0.258. The lowest BCUT2D eigenvalue weighted by Gasteiger charge is -2.12. The van der Waals surface area contributed by atoms with Gasteiger partial charge in [0, 0.05) is 16.9 Å². The van der Waals surface area contributed by atoms with Crippen LogP contribution in [0.5, 0.6) is 11.5 Å². The van der Waals surface area contributed by atoms with Crippen LogP contribution >= 0.6 is 23.6 Å². The number of hydrogen-bond donors (Lipinski definition) is 2. The van der Waals surface area contributed by atoms with E-state index < -0.39 is 0 Å². The molecule has 33 heavy (non-hydrogen) atoms. The Morgan fingerprint density at radius 2 is 1.42 bits per heavy atom. The number of rotatable bonds is 5. The number of para-hydroxylation sites is 1. The highest BCUT2D eigenvalue weighted by Crippen LogP contribution is 2.31. The predicted octanol–water partition coefficient (Wildman–Crippen LogP) is 7.87. The molecular weight excluding hydrogens is 446 g/mol. The summed E-state index contributed by atoms with van der Waals surface area (Å²) in [5, 5.41) is 7.97. The minimum Gasteiger partial charge on any atom is -0.457 e.